The zero-order chi connectivity index (χ0) is 12.0. The first-order valence-corrected chi connectivity index (χ1v) is 7.11. The van der Waals surface area contributed by atoms with Crippen LogP contribution < -0.4 is 5.32 Å². The van der Waals surface area contributed by atoms with E-state index in [2.05, 4.69) is 5.32 Å². The summed E-state index contributed by atoms with van der Waals surface area (Å²) in [6, 6.07) is -0.638. The molecule has 3 aliphatic rings. The van der Waals surface area contributed by atoms with Gasteiger partial charge in [0.15, 0.2) is 0 Å². The third-order valence-electron chi connectivity index (χ3n) is 3.95. The summed E-state index contributed by atoms with van der Waals surface area (Å²) in [4.78, 5) is 25.2. The predicted molar refractivity (Wildman–Crippen MR) is 63.9 cm³/mol. The summed E-state index contributed by atoms with van der Waals surface area (Å²) in [5.74, 6) is 0.0258. The molecule has 1 unspecified atom stereocenters. The number of rotatable bonds is 1. The van der Waals surface area contributed by atoms with Crippen molar-refractivity contribution in [2.75, 3.05) is 12.3 Å². The van der Waals surface area contributed by atoms with Crippen LogP contribution >= 0.6 is 11.8 Å². The number of hydrogen-bond donors (Lipinski definition) is 2. The van der Waals surface area contributed by atoms with Gasteiger partial charge in [-0.15, -0.1) is 0 Å². The highest BCUT2D eigenvalue weighted by molar-refractivity contribution is 8.00. The minimum absolute atomic E-state index is 0.00250. The van der Waals surface area contributed by atoms with Crippen molar-refractivity contribution in [2.24, 2.45) is 0 Å². The molecule has 3 aliphatic heterocycles. The molecule has 5 nitrogen and oxygen atoms in total. The first-order chi connectivity index (χ1) is 8.16. The Hall–Kier alpha value is -0.750. The molecule has 0 spiro atoms. The van der Waals surface area contributed by atoms with Crippen LogP contribution in [-0.2, 0) is 9.59 Å². The molecule has 6 heteroatoms. The van der Waals surface area contributed by atoms with E-state index in [9.17, 15) is 14.7 Å². The van der Waals surface area contributed by atoms with Gasteiger partial charge >= 0.3 is 5.97 Å². The fourth-order valence-corrected chi connectivity index (χ4v) is 4.43. The standard InChI is InChI=1S/C11H16N2O3S/c14-10-8-3-7(4-12-8)17-5-6-1-2-9(11(15)16)13(6)10/h6-9,12H,1-5H2,(H,15,16)/t6?,7-,8-,9-/m0/s1. The van der Waals surface area contributed by atoms with Crippen LogP contribution in [0.3, 0.4) is 0 Å². The van der Waals surface area contributed by atoms with Gasteiger partial charge in [-0.05, 0) is 19.3 Å². The topological polar surface area (TPSA) is 69.6 Å². The number of aliphatic carboxylic acids is 1. The highest BCUT2D eigenvalue weighted by atomic mass is 32.2. The van der Waals surface area contributed by atoms with E-state index in [1.54, 1.807) is 4.90 Å². The van der Waals surface area contributed by atoms with Crippen LogP contribution in [0.5, 0.6) is 0 Å². The maximum atomic E-state index is 12.3. The molecular weight excluding hydrogens is 240 g/mol. The summed E-state index contributed by atoms with van der Waals surface area (Å²) >= 11 is 1.88. The van der Waals surface area contributed by atoms with Gasteiger partial charge in [-0.25, -0.2) is 4.79 Å². The first kappa shape index (κ1) is 11.3. The number of hydrogen-bond acceptors (Lipinski definition) is 4. The summed E-state index contributed by atoms with van der Waals surface area (Å²) in [6.45, 7) is 0.874. The Labute approximate surface area is 104 Å². The quantitative estimate of drug-likeness (QED) is 0.686. The number of carboxylic acid groups (broad SMARTS) is 1. The minimum Gasteiger partial charge on any atom is -0.480 e. The molecule has 3 saturated heterocycles. The Bertz CT molecular complexity index is 363. The van der Waals surface area contributed by atoms with Gasteiger partial charge in [-0.2, -0.15) is 11.8 Å². The minimum atomic E-state index is -0.860. The second-order valence-electron chi connectivity index (χ2n) is 4.98. The summed E-state index contributed by atoms with van der Waals surface area (Å²) in [6.07, 6.45) is 2.28. The molecule has 0 radical (unpaired) electrons. The van der Waals surface area contributed by atoms with Crippen LogP contribution in [0.4, 0.5) is 0 Å². The Morgan fingerprint density at radius 1 is 1.47 bits per heavy atom. The number of nitrogens with zero attached hydrogens (tertiary/aromatic N) is 1. The van der Waals surface area contributed by atoms with Gasteiger partial charge in [0.25, 0.3) is 0 Å². The summed E-state index contributed by atoms with van der Waals surface area (Å²) in [5, 5.41) is 12.9. The van der Waals surface area contributed by atoms with Crippen LogP contribution in [0.25, 0.3) is 0 Å². The van der Waals surface area contributed by atoms with Gasteiger partial charge in [0, 0.05) is 23.6 Å². The molecule has 0 aromatic heterocycles. The van der Waals surface area contributed by atoms with Gasteiger partial charge in [-0.3, -0.25) is 4.79 Å². The number of nitrogens with one attached hydrogen (secondary N) is 1. The third kappa shape index (κ3) is 1.83. The lowest BCUT2D eigenvalue weighted by atomic mass is 10.1. The van der Waals surface area contributed by atoms with E-state index in [4.69, 9.17) is 0 Å². The van der Waals surface area contributed by atoms with Gasteiger partial charge < -0.3 is 15.3 Å². The lowest BCUT2D eigenvalue weighted by Gasteiger charge is -2.32. The number of amides is 1. The molecule has 17 heavy (non-hydrogen) atoms. The molecule has 2 N–H and O–H groups in total. The lowest BCUT2D eigenvalue weighted by Crippen LogP contribution is -2.52. The van der Waals surface area contributed by atoms with Crippen molar-refractivity contribution in [3.8, 4) is 0 Å². The van der Waals surface area contributed by atoms with Crippen molar-refractivity contribution in [1.29, 1.82) is 0 Å². The molecule has 3 rings (SSSR count). The van der Waals surface area contributed by atoms with E-state index in [1.165, 1.54) is 0 Å². The Morgan fingerprint density at radius 2 is 2.29 bits per heavy atom. The van der Waals surface area contributed by atoms with Gasteiger partial charge in [-0.1, -0.05) is 0 Å². The second-order valence-corrected chi connectivity index (χ2v) is 6.32. The smallest absolute Gasteiger partial charge is 0.326 e. The van der Waals surface area contributed by atoms with E-state index in [0.717, 1.165) is 25.1 Å². The molecular formula is C11H16N2O3S. The van der Waals surface area contributed by atoms with Crippen molar-refractivity contribution in [2.45, 2.75) is 42.6 Å². The molecule has 0 aromatic carbocycles. The zero-order valence-corrected chi connectivity index (χ0v) is 10.3. The van der Waals surface area contributed by atoms with E-state index in [0.29, 0.717) is 11.7 Å². The SMILES string of the molecule is O=C(O)[C@@H]1CCC2CS[C@@H]3CN[C@@H](C3)C(=O)N21. The molecule has 3 fully saturated rings. The Morgan fingerprint density at radius 3 is 3.06 bits per heavy atom. The Kier molecular flexibility index (Phi) is 2.78. The molecule has 0 saturated carbocycles. The van der Waals surface area contributed by atoms with Crippen molar-refractivity contribution < 1.29 is 14.7 Å². The normalized spacial score (nSPS) is 40.9. The number of carbonyl (C=O) groups excluding carboxylic acids is 1. The number of fused-ring (bicyclic) bond motifs is 3. The summed E-state index contributed by atoms with van der Waals surface area (Å²) in [5.41, 5.74) is 0. The third-order valence-corrected chi connectivity index (χ3v) is 5.36. The van der Waals surface area contributed by atoms with Gasteiger partial charge in [0.05, 0.1) is 6.04 Å². The van der Waals surface area contributed by atoms with Gasteiger partial charge in [0.2, 0.25) is 5.91 Å². The van der Waals surface area contributed by atoms with E-state index >= 15 is 0 Å². The first-order valence-electron chi connectivity index (χ1n) is 6.07. The highest BCUT2D eigenvalue weighted by Crippen LogP contribution is 2.34. The van der Waals surface area contributed by atoms with Crippen LogP contribution in [0.1, 0.15) is 19.3 Å². The molecule has 94 valence electrons. The highest BCUT2D eigenvalue weighted by Gasteiger charge is 2.46. The van der Waals surface area contributed by atoms with Crippen LogP contribution in [0.15, 0.2) is 0 Å². The molecule has 3 heterocycles. The average molecular weight is 256 g/mol. The van der Waals surface area contributed by atoms with E-state index in [1.807, 2.05) is 11.8 Å². The average Bonchev–Trinajstić information content (AvgIpc) is 2.90. The second kappa shape index (κ2) is 4.17. The van der Waals surface area contributed by atoms with Gasteiger partial charge in [0.1, 0.15) is 6.04 Å². The monoisotopic (exact) mass is 256 g/mol. The zero-order valence-electron chi connectivity index (χ0n) is 9.46. The van der Waals surface area contributed by atoms with E-state index in [-0.39, 0.29) is 18.0 Å². The van der Waals surface area contributed by atoms with Crippen LogP contribution in [0, 0.1) is 0 Å². The maximum absolute atomic E-state index is 12.3. The van der Waals surface area contributed by atoms with Crippen LogP contribution in [-0.4, -0.2) is 57.6 Å². The number of carbonyl (C=O) groups is 2. The van der Waals surface area contributed by atoms with E-state index < -0.39 is 12.0 Å². The molecule has 0 aliphatic carbocycles. The maximum Gasteiger partial charge on any atom is 0.326 e. The van der Waals surface area contributed by atoms with Crippen LogP contribution in [0.2, 0.25) is 0 Å². The fraction of sp³-hybridized carbons (Fsp3) is 0.818. The summed E-state index contributed by atoms with van der Waals surface area (Å²) < 4.78 is 0. The predicted octanol–water partition coefficient (Wildman–Crippen LogP) is -0.0921. The van der Waals surface area contributed by atoms with Crippen molar-refractivity contribution in [3.05, 3.63) is 0 Å². The largest absolute Gasteiger partial charge is 0.480 e. The van der Waals surface area contributed by atoms with Crippen molar-refractivity contribution in [3.63, 3.8) is 0 Å². The fourth-order valence-electron chi connectivity index (χ4n) is 3.07. The summed E-state index contributed by atoms with van der Waals surface area (Å²) in [7, 11) is 0. The number of thioether (sulfide) groups is 1. The molecule has 0 aromatic rings. The molecule has 4 atom stereocenters. The number of carboxylic acids is 1. The van der Waals surface area contributed by atoms with Crippen molar-refractivity contribution >= 4 is 23.6 Å². The molecule has 1 amide bonds. The van der Waals surface area contributed by atoms with Crippen molar-refractivity contribution in [1.82, 2.24) is 10.2 Å². The Balaban J connectivity index is 1.87. The molecule has 2 bridgehead atoms. The lowest BCUT2D eigenvalue weighted by molar-refractivity contribution is -0.150.